The third kappa shape index (κ3) is 13.6. The molecule has 0 aliphatic rings. The van der Waals surface area contributed by atoms with Crippen LogP contribution in [0.4, 0.5) is 0 Å². The van der Waals surface area contributed by atoms with Crippen LogP contribution in [0, 0.1) is 11.3 Å². The highest BCUT2D eigenvalue weighted by atomic mass is 14.3. The maximum absolute atomic E-state index is 2.45. The molecule has 0 amide bonds. The van der Waals surface area contributed by atoms with Crippen LogP contribution in [0.5, 0.6) is 0 Å². The second-order valence-electron chi connectivity index (χ2n) is 8.53. The molecule has 1 unspecified atom stereocenters. The number of unbranched alkanes of at least 4 members (excludes halogenated alkanes) is 11. The molecule has 0 spiro atoms. The van der Waals surface area contributed by atoms with Gasteiger partial charge in [0.25, 0.3) is 0 Å². The summed E-state index contributed by atoms with van der Waals surface area (Å²) in [7, 11) is 0. The molecule has 0 aromatic rings. The maximum atomic E-state index is 2.45. The zero-order valence-corrected chi connectivity index (χ0v) is 16.7. The van der Waals surface area contributed by atoms with Gasteiger partial charge in [0, 0.05) is 0 Å². The average Bonchev–Trinajstić information content (AvgIpc) is 2.46. The van der Waals surface area contributed by atoms with Crippen molar-refractivity contribution >= 4 is 0 Å². The number of hydrogen-bond donors (Lipinski definition) is 0. The van der Waals surface area contributed by atoms with Crippen molar-refractivity contribution in [3.8, 4) is 0 Å². The Kier molecular flexibility index (Phi) is 14.6. The topological polar surface area (TPSA) is 0 Å². The smallest absolute Gasteiger partial charge is 0.0354 e. The molecule has 0 radical (unpaired) electrons. The molecule has 0 saturated carbocycles. The monoisotopic (exact) mass is 310 g/mol. The van der Waals surface area contributed by atoms with Gasteiger partial charge < -0.3 is 0 Å². The zero-order chi connectivity index (χ0) is 16.7. The Labute approximate surface area is 142 Å². The molecule has 22 heavy (non-hydrogen) atoms. The van der Waals surface area contributed by atoms with E-state index < -0.39 is 0 Å². The van der Waals surface area contributed by atoms with E-state index >= 15 is 0 Å². The van der Waals surface area contributed by atoms with Crippen molar-refractivity contribution in [3.63, 3.8) is 0 Å². The molecule has 0 N–H and O–H groups in total. The molecule has 0 aromatic heterocycles. The van der Waals surface area contributed by atoms with Crippen molar-refractivity contribution in [2.24, 2.45) is 11.3 Å². The van der Waals surface area contributed by atoms with Crippen LogP contribution in [0.25, 0.3) is 0 Å². The van der Waals surface area contributed by atoms with Gasteiger partial charge in [-0.1, -0.05) is 118 Å². The molecule has 1 atom stereocenters. The summed E-state index contributed by atoms with van der Waals surface area (Å²) in [4.78, 5) is 0. The fourth-order valence-electron chi connectivity index (χ4n) is 3.53. The Morgan fingerprint density at radius 1 is 0.500 bits per heavy atom. The van der Waals surface area contributed by atoms with Crippen LogP contribution in [-0.2, 0) is 0 Å². The summed E-state index contributed by atoms with van der Waals surface area (Å²) < 4.78 is 0. The number of rotatable bonds is 15. The standard InChI is InChI=1S/C22H46/c1-6-8-10-12-14-16-18-20-21(22(3,4)5)19-17-15-13-11-9-7-2/h21H,6-20H2,1-5H3. The first-order valence-corrected chi connectivity index (χ1v) is 10.5. The van der Waals surface area contributed by atoms with Crippen molar-refractivity contribution in [1.82, 2.24) is 0 Å². The summed E-state index contributed by atoms with van der Waals surface area (Å²) in [5.74, 6) is 0.939. The molecule has 0 aliphatic heterocycles. The SMILES string of the molecule is CCCCCCCCCC(CCCCCCCC)C(C)(C)C. The molecular weight excluding hydrogens is 264 g/mol. The minimum Gasteiger partial charge on any atom is -0.0654 e. The Morgan fingerprint density at radius 3 is 1.14 bits per heavy atom. The van der Waals surface area contributed by atoms with E-state index in [4.69, 9.17) is 0 Å². The van der Waals surface area contributed by atoms with Crippen LogP contribution in [0.2, 0.25) is 0 Å². The lowest BCUT2D eigenvalue weighted by atomic mass is 9.75. The molecule has 0 heterocycles. The summed E-state index contributed by atoms with van der Waals surface area (Å²) in [6.45, 7) is 12.0. The van der Waals surface area contributed by atoms with Gasteiger partial charge in [0.05, 0.1) is 0 Å². The minimum atomic E-state index is 0.506. The van der Waals surface area contributed by atoms with Crippen molar-refractivity contribution in [3.05, 3.63) is 0 Å². The molecule has 0 aromatic carbocycles. The highest BCUT2D eigenvalue weighted by Crippen LogP contribution is 2.34. The fraction of sp³-hybridized carbons (Fsp3) is 1.00. The third-order valence-electron chi connectivity index (χ3n) is 5.29. The molecule has 0 aliphatic carbocycles. The zero-order valence-electron chi connectivity index (χ0n) is 16.7. The molecule has 0 heteroatoms. The highest BCUT2D eigenvalue weighted by Gasteiger charge is 2.23. The highest BCUT2D eigenvalue weighted by molar-refractivity contribution is 4.74. The van der Waals surface area contributed by atoms with E-state index in [1.165, 1.54) is 96.3 Å². The van der Waals surface area contributed by atoms with E-state index in [-0.39, 0.29) is 0 Å². The fourth-order valence-corrected chi connectivity index (χ4v) is 3.53. The van der Waals surface area contributed by atoms with Gasteiger partial charge in [-0.25, -0.2) is 0 Å². The molecule has 0 bridgehead atoms. The minimum absolute atomic E-state index is 0.506. The molecule has 0 nitrogen and oxygen atoms in total. The van der Waals surface area contributed by atoms with E-state index in [0.29, 0.717) is 5.41 Å². The summed E-state index contributed by atoms with van der Waals surface area (Å²) in [5.41, 5.74) is 0.506. The Hall–Kier alpha value is 0. The average molecular weight is 311 g/mol. The van der Waals surface area contributed by atoms with Gasteiger partial charge in [0.2, 0.25) is 0 Å². The third-order valence-corrected chi connectivity index (χ3v) is 5.29. The molecule has 0 fully saturated rings. The predicted octanol–water partition coefficient (Wildman–Crippen LogP) is 8.54. The summed E-state index contributed by atoms with van der Waals surface area (Å²) in [6.07, 6.45) is 21.7. The van der Waals surface area contributed by atoms with Crippen LogP contribution in [-0.4, -0.2) is 0 Å². The molecule has 0 saturated heterocycles. The van der Waals surface area contributed by atoms with Crippen molar-refractivity contribution in [2.45, 2.75) is 131 Å². The first-order valence-electron chi connectivity index (χ1n) is 10.5. The van der Waals surface area contributed by atoms with Crippen LogP contribution < -0.4 is 0 Å². The predicted molar refractivity (Wildman–Crippen MR) is 104 cm³/mol. The van der Waals surface area contributed by atoms with Gasteiger partial charge in [-0.2, -0.15) is 0 Å². The van der Waals surface area contributed by atoms with Crippen LogP contribution >= 0.6 is 0 Å². The van der Waals surface area contributed by atoms with Gasteiger partial charge in [-0.15, -0.1) is 0 Å². The lowest BCUT2D eigenvalue weighted by Crippen LogP contribution is -2.20. The first kappa shape index (κ1) is 22.0. The first-order chi connectivity index (χ1) is 10.5. The molecule has 134 valence electrons. The largest absolute Gasteiger partial charge is 0.0654 e. The number of hydrogen-bond acceptors (Lipinski definition) is 0. The lowest BCUT2D eigenvalue weighted by molar-refractivity contribution is 0.201. The van der Waals surface area contributed by atoms with E-state index in [2.05, 4.69) is 34.6 Å². The van der Waals surface area contributed by atoms with Gasteiger partial charge in [0.15, 0.2) is 0 Å². The lowest BCUT2D eigenvalue weighted by Gasteiger charge is -2.31. The second-order valence-corrected chi connectivity index (χ2v) is 8.53. The second kappa shape index (κ2) is 14.6. The van der Waals surface area contributed by atoms with Crippen LogP contribution in [0.1, 0.15) is 131 Å². The summed E-state index contributed by atoms with van der Waals surface area (Å²) >= 11 is 0. The van der Waals surface area contributed by atoms with Crippen LogP contribution in [0.15, 0.2) is 0 Å². The Bertz CT molecular complexity index is 211. The van der Waals surface area contributed by atoms with Crippen molar-refractivity contribution < 1.29 is 0 Å². The maximum Gasteiger partial charge on any atom is -0.0354 e. The summed E-state index contributed by atoms with van der Waals surface area (Å²) in [6, 6.07) is 0. The van der Waals surface area contributed by atoms with E-state index in [9.17, 15) is 0 Å². The van der Waals surface area contributed by atoms with Gasteiger partial charge in [0.1, 0.15) is 0 Å². The molecular formula is C22H46. The Morgan fingerprint density at radius 2 is 0.818 bits per heavy atom. The normalized spacial score (nSPS) is 13.5. The molecule has 0 rings (SSSR count). The summed E-state index contributed by atoms with van der Waals surface area (Å²) in [5, 5.41) is 0. The van der Waals surface area contributed by atoms with Gasteiger partial charge >= 0.3 is 0 Å². The van der Waals surface area contributed by atoms with Crippen LogP contribution in [0.3, 0.4) is 0 Å². The van der Waals surface area contributed by atoms with E-state index in [1.54, 1.807) is 0 Å². The van der Waals surface area contributed by atoms with Gasteiger partial charge in [-0.3, -0.25) is 0 Å². The van der Waals surface area contributed by atoms with E-state index in [1.807, 2.05) is 0 Å². The Balaban J connectivity index is 3.71. The quantitative estimate of drug-likeness (QED) is 0.266. The van der Waals surface area contributed by atoms with Crippen molar-refractivity contribution in [1.29, 1.82) is 0 Å². The van der Waals surface area contributed by atoms with Gasteiger partial charge in [-0.05, 0) is 24.2 Å². The van der Waals surface area contributed by atoms with E-state index in [0.717, 1.165) is 5.92 Å². The van der Waals surface area contributed by atoms with Crippen molar-refractivity contribution in [2.75, 3.05) is 0 Å².